The summed E-state index contributed by atoms with van der Waals surface area (Å²) in [4.78, 5) is 38.8. The molecule has 1 aliphatic heterocycles. The lowest BCUT2D eigenvalue weighted by Gasteiger charge is -2.33. The quantitative estimate of drug-likeness (QED) is 0.401. The van der Waals surface area contributed by atoms with Gasteiger partial charge in [-0.3, -0.25) is 19.3 Å². The number of carbonyl (C=O) groups is 3. The predicted molar refractivity (Wildman–Crippen MR) is 125 cm³/mol. The van der Waals surface area contributed by atoms with Crippen LogP contribution in [0.2, 0.25) is 0 Å². The van der Waals surface area contributed by atoms with Gasteiger partial charge in [0.1, 0.15) is 18.4 Å². The molecular formula is C25H31N3O5. The first-order valence-electron chi connectivity index (χ1n) is 11.3. The van der Waals surface area contributed by atoms with Gasteiger partial charge in [0, 0.05) is 24.8 Å². The number of carbonyl (C=O) groups excluding carboxylic acids is 3. The average molecular weight is 454 g/mol. The molecule has 1 aliphatic rings. The van der Waals surface area contributed by atoms with Crippen LogP contribution in [0.25, 0.3) is 0 Å². The summed E-state index contributed by atoms with van der Waals surface area (Å²) < 4.78 is 11.0. The van der Waals surface area contributed by atoms with Gasteiger partial charge in [0.25, 0.3) is 0 Å². The first-order valence-corrected chi connectivity index (χ1v) is 11.3. The largest absolute Gasteiger partial charge is 0.489 e. The minimum Gasteiger partial charge on any atom is -0.489 e. The standard InChI is InChI=1S/C25H31N3O5/c1-2-3-14-32-24(30)16-22-25(31)26-12-13-28(22)17-23(29)27-20-10-7-11-21(15-20)33-18-19-8-5-4-6-9-19/h4-11,15,22H,2-3,12-14,16-18H2,1H3,(H,26,31)(H,27,29). The molecule has 0 aliphatic carbocycles. The van der Waals surface area contributed by atoms with Crippen molar-refractivity contribution in [3.8, 4) is 5.75 Å². The maximum Gasteiger partial charge on any atom is 0.307 e. The molecule has 2 amide bonds. The molecule has 0 radical (unpaired) electrons. The summed E-state index contributed by atoms with van der Waals surface area (Å²) in [6.07, 6.45) is 1.62. The second kappa shape index (κ2) is 12.6. The van der Waals surface area contributed by atoms with E-state index < -0.39 is 12.0 Å². The van der Waals surface area contributed by atoms with Gasteiger partial charge in [0.15, 0.2) is 0 Å². The number of hydrogen-bond donors (Lipinski definition) is 2. The molecule has 1 saturated heterocycles. The Morgan fingerprint density at radius 1 is 1.15 bits per heavy atom. The Kier molecular flexibility index (Phi) is 9.26. The monoisotopic (exact) mass is 453 g/mol. The van der Waals surface area contributed by atoms with Crippen LogP contribution in [0.1, 0.15) is 31.7 Å². The van der Waals surface area contributed by atoms with Gasteiger partial charge >= 0.3 is 5.97 Å². The van der Waals surface area contributed by atoms with Crippen LogP contribution in [0.3, 0.4) is 0 Å². The molecule has 8 heteroatoms. The van der Waals surface area contributed by atoms with Crippen molar-refractivity contribution in [2.45, 2.75) is 38.8 Å². The number of nitrogens with one attached hydrogen (secondary N) is 2. The lowest BCUT2D eigenvalue weighted by molar-refractivity contribution is -0.149. The van der Waals surface area contributed by atoms with E-state index in [4.69, 9.17) is 9.47 Å². The van der Waals surface area contributed by atoms with E-state index in [-0.39, 0.29) is 24.8 Å². The second-order valence-electron chi connectivity index (χ2n) is 7.91. The average Bonchev–Trinajstić information content (AvgIpc) is 2.81. The van der Waals surface area contributed by atoms with Gasteiger partial charge in [-0.15, -0.1) is 0 Å². The van der Waals surface area contributed by atoms with Crippen LogP contribution in [0.4, 0.5) is 5.69 Å². The van der Waals surface area contributed by atoms with Crippen molar-refractivity contribution >= 4 is 23.5 Å². The van der Waals surface area contributed by atoms with Crippen molar-refractivity contribution in [1.82, 2.24) is 10.2 Å². The number of rotatable bonds is 11. The van der Waals surface area contributed by atoms with Crippen molar-refractivity contribution in [1.29, 1.82) is 0 Å². The van der Waals surface area contributed by atoms with Crippen LogP contribution in [0.15, 0.2) is 54.6 Å². The molecule has 2 aromatic carbocycles. The highest BCUT2D eigenvalue weighted by Gasteiger charge is 2.33. The highest BCUT2D eigenvalue weighted by atomic mass is 16.5. The highest BCUT2D eigenvalue weighted by molar-refractivity contribution is 5.93. The molecular weight excluding hydrogens is 422 g/mol. The number of esters is 1. The van der Waals surface area contributed by atoms with Gasteiger partial charge in [0.05, 0.1) is 19.6 Å². The molecule has 1 unspecified atom stereocenters. The molecule has 0 aromatic heterocycles. The van der Waals surface area contributed by atoms with E-state index in [0.29, 0.717) is 37.7 Å². The van der Waals surface area contributed by atoms with Gasteiger partial charge in [-0.05, 0) is 24.1 Å². The fourth-order valence-corrected chi connectivity index (χ4v) is 3.51. The van der Waals surface area contributed by atoms with Crippen molar-refractivity contribution < 1.29 is 23.9 Å². The van der Waals surface area contributed by atoms with Gasteiger partial charge < -0.3 is 20.1 Å². The maximum atomic E-state index is 12.7. The fraction of sp³-hybridized carbons (Fsp3) is 0.400. The van der Waals surface area contributed by atoms with Crippen molar-refractivity contribution in [3.63, 3.8) is 0 Å². The zero-order valence-corrected chi connectivity index (χ0v) is 18.9. The Morgan fingerprint density at radius 2 is 1.97 bits per heavy atom. The molecule has 176 valence electrons. The zero-order chi connectivity index (χ0) is 23.5. The zero-order valence-electron chi connectivity index (χ0n) is 18.9. The van der Waals surface area contributed by atoms with Crippen molar-refractivity contribution in [3.05, 3.63) is 60.2 Å². The predicted octanol–water partition coefficient (Wildman–Crippen LogP) is 2.74. The lowest BCUT2D eigenvalue weighted by Crippen LogP contribution is -2.57. The molecule has 8 nitrogen and oxygen atoms in total. The first kappa shape index (κ1) is 24.3. The van der Waals surface area contributed by atoms with Gasteiger partial charge in [-0.1, -0.05) is 49.7 Å². The van der Waals surface area contributed by atoms with E-state index in [0.717, 1.165) is 18.4 Å². The number of benzene rings is 2. The van der Waals surface area contributed by atoms with Crippen LogP contribution in [0, 0.1) is 0 Å². The van der Waals surface area contributed by atoms with Gasteiger partial charge in [-0.25, -0.2) is 0 Å². The van der Waals surface area contributed by atoms with Crippen LogP contribution in [-0.2, 0) is 25.7 Å². The Morgan fingerprint density at radius 3 is 2.76 bits per heavy atom. The fourth-order valence-electron chi connectivity index (χ4n) is 3.51. The Hall–Kier alpha value is -3.39. The Labute approximate surface area is 194 Å². The molecule has 1 heterocycles. The maximum absolute atomic E-state index is 12.7. The Balaban J connectivity index is 1.53. The molecule has 0 saturated carbocycles. The first-order chi connectivity index (χ1) is 16.0. The molecule has 2 N–H and O–H groups in total. The number of amides is 2. The third-order valence-electron chi connectivity index (χ3n) is 5.28. The number of piperazine rings is 1. The van der Waals surface area contributed by atoms with E-state index >= 15 is 0 Å². The molecule has 1 atom stereocenters. The van der Waals surface area contributed by atoms with Crippen LogP contribution in [-0.4, -0.2) is 55.0 Å². The van der Waals surface area contributed by atoms with E-state index in [2.05, 4.69) is 10.6 Å². The van der Waals surface area contributed by atoms with Crippen molar-refractivity contribution in [2.24, 2.45) is 0 Å². The van der Waals surface area contributed by atoms with Gasteiger partial charge in [0.2, 0.25) is 11.8 Å². The number of anilines is 1. The van der Waals surface area contributed by atoms with Crippen LogP contribution in [0.5, 0.6) is 5.75 Å². The number of nitrogens with zero attached hydrogens (tertiary/aromatic N) is 1. The second-order valence-corrected chi connectivity index (χ2v) is 7.91. The molecule has 0 bridgehead atoms. The van der Waals surface area contributed by atoms with E-state index in [9.17, 15) is 14.4 Å². The summed E-state index contributed by atoms with van der Waals surface area (Å²) in [5.41, 5.74) is 1.65. The normalized spacial score (nSPS) is 16.0. The van der Waals surface area contributed by atoms with E-state index in [1.54, 1.807) is 23.1 Å². The number of hydrogen-bond acceptors (Lipinski definition) is 6. The lowest BCUT2D eigenvalue weighted by atomic mass is 10.1. The summed E-state index contributed by atoms with van der Waals surface area (Å²) >= 11 is 0. The number of ether oxygens (including phenoxy) is 2. The molecule has 2 aromatic rings. The molecule has 0 spiro atoms. The topological polar surface area (TPSA) is 97.0 Å². The molecule has 3 rings (SSSR count). The van der Waals surface area contributed by atoms with Crippen molar-refractivity contribution in [2.75, 3.05) is 31.6 Å². The van der Waals surface area contributed by atoms with E-state index in [1.165, 1.54) is 0 Å². The third-order valence-corrected chi connectivity index (χ3v) is 5.28. The minimum atomic E-state index is -0.723. The minimum absolute atomic E-state index is 0.00454. The number of unbranched alkanes of at least 4 members (excludes halogenated alkanes) is 1. The summed E-state index contributed by atoms with van der Waals surface area (Å²) in [5.74, 6) is -0.326. The van der Waals surface area contributed by atoms with Crippen LogP contribution >= 0.6 is 0 Å². The summed E-state index contributed by atoms with van der Waals surface area (Å²) in [6, 6.07) is 16.3. The Bertz CT molecular complexity index is 935. The summed E-state index contributed by atoms with van der Waals surface area (Å²) in [7, 11) is 0. The van der Waals surface area contributed by atoms with E-state index in [1.807, 2.05) is 43.3 Å². The summed E-state index contributed by atoms with van der Waals surface area (Å²) in [6.45, 7) is 3.68. The SMILES string of the molecule is CCCCOC(=O)CC1C(=O)NCCN1CC(=O)Nc1cccc(OCc2ccccc2)c1. The summed E-state index contributed by atoms with van der Waals surface area (Å²) in [5, 5.41) is 5.61. The van der Waals surface area contributed by atoms with Gasteiger partial charge in [-0.2, -0.15) is 0 Å². The third kappa shape index (κ3) is 7.91. The molecule has 33 heavy (non-hydrogen) atoms. The molecule has 1 fully saturated rings. The highest BCUT2D eigenvalue weighted by Crippen LogP contribution is 2.19. The smallest absolute Gasteiger partial charge is 0.307 e. The van der Waals surface area contributed by atoms with Crippen LogP contribution < -0.4 is 15.4 Å².